The summed E-state index contributed by atoms with van der Waals surface area (Å²) in [6, 6.07) is 4.81. The van der Waals surface area contributed by atoms with Crippen LogP contribution >= 0.6 is 15.9 Å². The Bertz CT molecular complexity index is 553. The number of rotatable bonds is 0. The minimum atomic E-state index is -3.40. The first-order valence-corrected chi connectivity index (χ1v) is 7.18. The lowest BCUT2D eigenvalue weighted by molar-refractivity contribution is -0.118. The van der Waals surface area contributed by atoms with E-state index in [2.05, 4.69) is 21.2 Å². The molecular weight excluding hydrogens is 294 g/mol. The lowest BCUT2D eigenvalue weighted by Crippen LogP contribution is -2.22. The van der Waals surface area contributed by atoms with Gasteiger partial charge < -0.3 is 5.32 Å². The number of nitrogens with one attached hydrogen (secondary N) is 1. The highest BCUT2D eigenvalue weighted by Crippen LogP contribution is 2.30. The Labute approximate surface area is 102 Å². The van der Waals surface area contributed by atoms with Gasteiger partial charge in [0.05, 0.1) is 16.3 Å². The van der Waals surface area contributed by atoms with E-state index < -0.39 is 15.8 Å². The second-order valence-corrected chi connectivity index (χ2v) is 6.73. The summed E-state index contributed by atoms with van der Waals surface area (Å²) in [5.74, 6) is -0.941. The number of carbonyl (C=O) groups is 1. The van der Waals surface area contributed by atoms with Crippen LogP contribution in [0.5, 0.6) is 0 Å². The molecule has 6 heteroatoms. The molecule has 1 heterocycles. The molecule has 0 radical (unpaired) electrons. The van der Waals surface area contributed by atoms with Gasteiger partial charge in [-0.05, 0) is 18.2 Å². The molecule has 1 unspecified atom stereocenters. The molecular formula is C10H10BrNO3S. The average molecular weight is 304 g/mol. The molecule has 1 aliphatic rings. The lowest BCUT2D eigenvalue weighted by Gasteiger charge is -2.06. The quantitative estimate of drug-likeness (QED) is 0.795. The molecule has 2 rings (SSSR count). The molecule has 0 aromatic heterocycles. The monoisotopic (exact) mass is 303 g/mol. The number of sulfone groups is 1. The molecule has 0 saturated carbocycles. The van der Waals surface area contributed by atoms with Crippen LogP contribution in [0.4, 0.5) is 5.69 Å². The third kappa shape index (κ3) is 1.99. The first kappa shape index (κ1) is 11.6. The highest BCUT2D eigenvalue weighted by molar-refractivity contribution is 9.10. The molecule has 16 heavy (non-hydrogen) atoms. The maximum absolute atomic E-state index is 12.0. The Hall–Kier alpha value is -0.880. The molecule has 86 valence electrons. The van der Waals surface area contributed by atoms with Crippen LogP contribution in [0, 0.1) is 5.92 Å². The zero-order chi connectivity index (χ0) is 11.9. The van der Waals surface area contributed by atoms with E-state index in [0.717, 1.165) is 0 Å². The fraction of sp³-hybridized carbons (Fsp3) is 0.300. The number of carbonyl (C=O) groups excluding carboxylic acids is 1. The smallest absolute Gasteiger partial charge is 0.228 e. The summed E-state index contributed by atoms with van der Waals surface area (Å²) < 4.78 is 24.7. The van der Waals surface area contributed by atoms with Crippen LogP contribution in [0.2, 0.25) is 0 Å². The van der Waals surface area contributed by atoms with E-state index in [1.54, 1.807) is 19.1 Å². The fourth-order valence-corrected chi connectivity index (χ4v) is 3.87. The summed E-state index contributed by atoms with van der Waals surface area (Å²) >= 11 is 3.22. The third-order valence-corrected chi connectivity index (χ3v) is 4.89. The summed E-state index contributed by atoms with van der Waals surface area (Å²) in [6.45, 7) is 1.60. The minimum absolute atomic E-state index is 0.151. The SMILES string of the molecule is CC1CS(=O)(=O)c2cc(Br)ccc2NC1=O. The molecule has 0 fully saturated rings. The predicted octanol–water partition coefficient (Wildman–Crippen LogP) is 1.81. The van der Waals surface area contributed by atoms with Crippen LogP contribution < -0.4 is 5.32 Å². The number of hydrogen-bond donors (Lipinski definition) is 1. The number of halogens is 1. The second kappa shape index (κ2) is 3.85. The molecule has 0 bridgehead atoms. The van der Waals surface area contributed by atoms with Gasteiger partial charge >= 0.3 is 0 Å². The van der Waals surface area contributed by atoms with Gasteiger partial charge in [-0.3, -0.25) is 4.79 Å². The number of benzene rings is 1. The first-order valence-electron chi connectivity index (χ1n) is 4.73. The Morgan fingerprint density at radius 1 is 1.44 bits per heavy atom. The van der Waals surface area contributed by atoms with Crippen molar-refractivity contribution >= 4 is 37.4 Å². The van der Waals surface area contributed by atoms with Gasteiger partial charge in [0.2, 0.25) is 5.91 Å². The Morgan fingerprint density at radius 2 is 2.12 bits per heavy atom. The summed E-state index contributed by atoms with van der Waals surface area (Å²) in [4.78, 5) is 11.7. The highest BCUT2D eigenvalue weighted by atomic mass is 79.9. The lowest BCUT2D eigenvalue weighted by atomic mass is 10.2. The van der Waals surface area contributed by atoms with Crippen molar-refractivity contribution in [3.8, 4) is 0 Å². The van der Waals surface area contributed by atoms with E-state index >= 15 is 0 Å². The highest BCUT2D eigenvalue weighted by Gasteiger charge is 2.30. The van der Waals surface area contributed by atoms with Gasteiger partial charge in [0.15, 0.2) is 9.84 Å². The van der Waals surface area contributed by atoms with Gasteiger partial charge in [-0.2, -0.15) is 0 Å². The molecule has 1 aromatic carbocycles. The van der Waals surface area contributed by atoms with Crippen LogP contribution in [0.25, 0.3) is 0 Å². The maximum atomic E-state index is 12.0. The summed E-state index contributed by atoms with van der Waals surface area (Å²) in [7, 11) is -3.40. The van der Waals surface area contributed by atoms with Gasteiger partial charge in [0.25, 0.3) is 0 Å². The van der Waals surface area contributed by atoms with Crippen LogP contribution in [-0.4, -0.2) is 20.1 Å². The predicted molar refractivity (Wildman–Crippen MR) is 64.0 cm³/mol. The molecule has 1 aliphatic heterocycles. The van der Waals surface area contributed by atoms with E-state index in [4.69, 9.17) is 0 Å². The van der Waals surface area contributed by atoms with Crippen LogP contribution in [0.15, 0.2) is 27.6 Å². The Kier molecular flexibility index (Phi) is 2.79. The molecule has 4 nitrogen and oxygen atoms in total. The van der Waals surface area contributed by atoms with E-state index in [1.807, 2.05) is 0 Å². The second-order valence-electron chi connectivity index (χ2n) is 3.81. The van der Waals surface area contributed by atoms with Crippen LogP contribution in [0.3, 0.4) is 0 Å². The summed E-state index contributed by atoms with van der Waals surface area (Å²) in [5.41, 5.74) is 0.359. The topological polar surface area (TPSA) is 63.2 Å². The van der Waals surface area contributed by atoms with E-state index in [1.165, 1.54) is 6.07 Å². The van der Waals surface area contributed by atoms with Gasteiger partial charge in [-0.15, -0.1) is 0 Å². The molecule has 0 aliphatic carbocycles. The molecule has 1 atom stereocenters. The van der Waals surface area contributed by atoms with Crippen molar-refractivity contribution in [2.45, 2.75) is 11.8 Å². The van der Waals surface area contributed by atoms with Crippen molar-refractivity contribution < 1.29 is 13.2 Å². The molecule has 1 aromatic rings. The molecule has 1 N–H and O–H groups in total. The van der Waals surface area contributed by atoms with E-state index in [9.17, 15) is 13.2 Å². The van der Waals surface area contributed by atoms with Crippen molar-refractivity contribution in [1.29, 1.82) is 0 Å². The summed E-state index contributed by atoms with van der Waals surface area (Å²) in [5, 5.41) is 2.62. The molecule has 1 amide bonds. The number of hydrogen-bond acceptors (Lipinski definition) is 3. The largest absolute Gasteiger partial charge is 0.325 e. The molecule has 0 saturated heterocycles. The van der Waals surface area contributed by atoms with E-state index in [-0.39, 0.29) is 16.6 Å². The van der Waals surface area contributed by atoms with Crippen molar-refractivity contribution in [1.82, 2.24) is 0 Å². The van der Waals surface area contributed by atoms with Crippen molar-refractivity contribution in [3.05, 3.63) is 22.7 Å². The Balaban J connectivity index is 2.66. The number of anilines is 1. The van der Waals surface area contributed by atoms with Crippen LogP contribution in [0.1, 0.15) is 6.92 Å². The standard InChI is InChI=1S/C10H10BrNO3S/c1-6-5-16(14,15)9-4-7(11)2-3-8(9)12-10(6)13/h2-4,6H,5H2,1H3,(H,12,13). The zero-order valence-electron chi connectivity index (χ0n) is 8.53. The van der Waals surface area contributed by atoms with Gasteiger partial charge in [-0.25, -0.2) is 8.42 Å². The van der Waals surface area contributed by atoms with Crippen LogP contribution in [-0.2, 0) is 14.6 Å². The summed E-state index contributed by atoms with van der Waals surface area (Å²) in [6.07, 6.45) is 0. The van der Waals surface area contributed by atoms with E-state index in [0.29, 0.717) is 10.2 Å². The minimum Gasteiger partial charge on any atom is -0.325 e. The normalized spacial score (nSPS) is 23.1. The van der Waals surface area contributed by atoms with Crippen molar-refractivity contribution in [2.24, 2.45) is 5.92 Å². The fourth-order valence-electron chi connectivity index (χ4n) is 1.61. The Morgan fingerprint density at radius 3 is 2.81 bits per heavy atom. The number of amides is 1. The average Bonchev–Trinajstić information content (AvgIpc) is 2.26. The van der Waals surface area contributed by atoms with Gasteiger partial charge in [0, 0.05) is 10.4 Å². The van der Waals surface area contributed by atoms with Gasteiger partial charge in [-0.1, -0.05) is 22.9 Å². The third-order valence-electron chi connectivity index (χ3n) is 2.45. The van der Waals surface area contributed by atoms with Crippen molar-refractivity contribution in [3.63, 3.8) is 0 Å². The van der Waals surface area contributed by atoms with Gasteiger partial charge in [0.1, 0.15) is 0 Å². The van der Waals surface area contributed by atoms with Crippen molar-refractivity contribution in [2.75, 3.05) is 11.1 Å². The molecule has 0 spiro atoms. The zero-order valence-corrected chi connectivity index (χ0v) is 10.9. The maximum Gasteiger partial charge on any atom is 0.228 e. The first-order chi connectivity index (χ1) is 7.40. The number of fused-ring (bicyclic) bond motifs is 1.